The van der Waals surface area contributed by atoms with Crippen molar-refractivity contribution in [2.24, 2.45) is 5.41 Å². The van der Waals surface area contributed by atoms with Crippen molar-refractivity contribution in [3.8, 4) is 0 Å². The molecular formula is C13H29N3. The molecule has 0 bridgehead atoms. The quantitative estimate of drug-likeness (QED) is 0.737. The van der Waals surface area contributed by atoms with Crippen molar-refractivity contribution in [3.63, 3.8) is 0 Å². The third-order valence-corrected chi connectivity index (χ3v) is 3.16. The molecule has 0 aliphatic carbocycles. The van der Waals surface area contributed by atoms with Crippen molar-refractivity contribution in [3.05, 3.63) is 0 Å². The lowest BCUT2D eigenvalue weighted by molar-refractivity contribution is 0.123. The van der Waals surface area contributed by atoms with E-state index in [0.717, 1.165) is 13.1 Å². The van der Waals surface area contributed by atoms with Crippen LogP contribution in [0, 0.1) is 5.41 Å². The first kappa shape index (κ1) is 13.9. The second kappa shape index (κ2) is 6.58. The summed E-state index contributed by atoms with van der Waals surface area (Å²) in [4.78, 5) is 5.05. The molecule has 0 amide bonds. The zero-order valence-corrected chi connectivity index (χ0v) is 11.6. The minimum atomic E-state index is 0.404. The first-order valence-corrected chi connectivity index (χ1v) is 6.65. The van der Waals surface area contributed by atoms with E-state index < -0.39 is 0 Å². The standard InChI is InChI=1S/C13H29N3/c1-5-8-15(4)11-13(2,3)12-16-9-6-14-7-10-16/h14H,5-12H2,1-4H3. The van der Waals surface area contributed by atoms with E-state index in [1.54, 1.807) is 0 Å². The molecule has 1 aliphatic heterocycles. The van der Waals surface area contributed by atoms with Gasteiger partial charge in [-0.05, 0) is 25.4 Å². The second-order valence-corrected chi connectivity index (χ2v) is 5.93. The second-order valence-electron chi connectivity index (χ2n) is 5.93. The van der Waals surface area contributed by atoms with Gasteiger partial charge in [-0.2, -0.15) is 0 Å². The average Bonchev–Trinajstić information content (AvgIpc) is 2.17. The first-order valence-electron chi connectivity index (χ1n) is 6.65. The van der Waals surface area contributed by atoms with Gasteiger partial charge in [-0.3, -0.25) is 0 Å². The van der Waals surface area contributed by atoms with Gasteiger partial charge in [0.1, 0.15) is 0 Å². The molecule has 0 unspecified atom stereocenters. The van der Waals surface area contributed by atoms with Crippen LogP contribution in [0.4, 0.5) is 0 Å². The molecule has 0 atom stereocenters. The van der Waals surface area contributed by atoms with E-state index in [1.807, 2.05) is 0 Å². The zero-order valence-electron chi connectivity index (χ0n) is 11.6. The van der Waals surface area contributed by atoms with Gasteiger partial charge in [0.25, 0.3) is 0 Å². The van der Waals surface area contributed by atoms with Crippen molar-refractivity contribution in [2.75, 3.05) is 52.9 Å². The predicted molar refractivity (Wildman–Crippen MR) is 70.9 cm³/mol. The fourth-order valence-corrected chi connectivity index (χ4v) is 2.72. The van der Waals surface area contributed by atoms with Gasteiger partial charge < -0.3 is 15.1 Å². The van der Waals surface area contributed by atoms with Gasteiger partial charge >= 0.3 is 0 Å². The summed E-state index contributed by atoms with van der Waals surface area (Å²) in [6.45, 7) is 15.4. The minimum absolute atomic E-state index is 0.404. The zero-order chi connectivity index (χ0) is 12.0. The normalized spacial score (nSPS) is 19.3. The molecule has 3 heteroatoms. The number of piperazine rings is 1. The lowest BCUT2D eigenvalue weighted by Crippen LogP contribution is -2.49. The smallest absolute Gasteiger partial charge is 0.0108 e. The lowest BCUT2D eigenvalue weighted by Gasteiger charge is -2.37. The van der Waals surface area contributed by atoms with Crippen LogP contribution < -0.4 is 5.32 Å². The summed E-state index contributed by atoms with van der Waals surface area (Å²) in [6.07, 6.45) is 1.25. The number of hydrogen-bond donors (Lipinski definition) is 1. The SMILES string of the molecule is CCCN(C)CC(C)(C)CN1CCNCC1. The summed E-state index contributed by atoms with van der Waals surface area (Å²) in [7, 11) is 2.24. The largest absolute Gasteiger partial charge is 0.314 e. The van der Waals surface area contributed by atoms with Gasteiger partial charge in [0.15, 0.2) is 0 Å². The molecule has 0 saturated carbocycles. The molecule has 3 nitrogen and oxygen atoms in total. The Balaban J connectivity index is 2.31. The summed E-state index contributed by atoms with van der Waals surface area (Å²) in [5.74, 6) is 0. The van der Waals surface area contributed by atoms with E-state index in [-0.39, 0.29) is 0 Å². The van der Waals surface area contributed by atoms with Crippen LogP contribution in [0.15, 0.2) is 0 Å². The number of nitrogens with one attached hydrogen (secondary N) is 1. The Hall–Kier alpha value is -0.120. The Bertz CT molecular complexity index is 186. The molecule has 1 fully saturated rings. The minimum Gasteiger partial charge on any atom is -0.314 e. The van der Waals surface area contributed by atoms with Gasteiger partial charge in [0.05, 0.1) is 0 Å². The Labute approximate surface area is 101 Å². The molecular weight excluding hydrogens is 198 g/mol. The molecule has 0 aromatic rings. The Morgan fingerprint density at radius 1 is 1.25 bits per heavy atom. The Kier molecular flexibility index (Phi) is 5.73. The average molecular weight is 227 g/mol. The molecule has 96 valence electrons. The van der Waals surface area contributed by atoms with Crippen molar-refractivity contribution in [2.45, 2.75) is 27.2 Å². The fourth-order valence-electron chi connectivity index (χ4n) is 2.72. The topological polar surface area (TPSA) is 18.5 Å². The van der Waals surface area contributed by atoms with Crippen LogP contribution in [0.1, 0.15) is 27.2 Å². The number of hydrogen-bond acceptors (Lipinski definition) is 3. The van der Waals surface area contributed by atoms with Gasteiger partial charge in [0.2, 0.25) is 0 Å². The van der Waals surface area contributed by atoms with Gasteiger partial charge in [-0.15, -0.1) is 0 Å². The van der Waals surface area contributed by atoms with Gasteiger partial charge in [-0.25, -0.2) is 0 Å². The maximum atomic E-state index is 3.41. The van der Waals surface area contributed by atoms with Gasteiger partial charge in [-0.1, -0.05) is 20.8 Å². The highest BCUT2D eigenvalue weighted by Crippen LogP contribution is 2.18. The molecule has 1 saturated heterocycles. The molecule has 0 radical (unpaired) electrons. The molecule has 1 rings (SSSR count). The Morgan fingerprint density at radius 2 is 1.88 bits per heavy atom. The Morgan fingerprint density at radius 3 is 2.44 bits per heavy atom. The highest BCUT2D eigenvalue weighted by Gasteiger charge is 2.24. The molecule has 0 aromatic carbocycles. The highest BCUT2D eigenvalue weighted by atomic mass is 15.2. The summed E-state index contributed by atoms with van der Waals surface area (Å²) in [5.41, 5.74) is 0.404. The summed E-state index contributed by atoms with van der Waals surface area (Å²) in [6, 6.07) is 0. The monoisotopic (exact) mass is 227 g/mol. The van der Waals surface area contributed by atoms with Crippen LogP contribution >= 0.6 is 0 Å². The van der Waals surface area contributed by atoms with E-state index in [1.165, 1.54) is 39.1 Å². The molecule has 1 heterocycles. The predicted octanol–water partition coefficient (Wildman–Crippen LogP) is 1.26. The van der Waals surface area contributed by atoms with E-state index in [2.05, 4.69) is 42.9 Å². The highest BCUT2D eigenvalue weighted by molar-refractivity contribution is 4.79. The van der Waals surface area contributed by atoms with Crippen molar-refractivity contribution in [1.29, 1.82) is 0 Å². The van der Waals surface area contributed by atoms with E-state index in [9.17, 15) is 0 Å². The molecule has 1 aliphatic rings. The molecule has 1 N–H and O–H groups in total. The number of rotatable bonds is 6. The summed E-state index contributed by atoms with van der Waals surface area (Å²) < 4.78 is 0. The van der Waals surface area contributed by atoms with E-state index >= 15 is 0 Å². The first-order chi connectivity index (χ1) is 7.53. The van der Waals surface area contributed by atoms with Gasteiger partial charge in [0, 0.05) is 39.3 Å². The van der Waals surface area contributed by atoms with Crippen molar-refractivity contribution >= 4 is 0 Å². The van der Waals surface area contributed by atoms with Crippen LogP contribution in [0.25, 0.3) is 0 Å². The third-order valence-electron chi connectivity index (χ3n) is 3.16. The number of nitrogens with zero attached hydrogens (tertiary/aromatic N) is 2. The van der Waals surface area contributed by atoms with E-state index in [0.29, 0.717) is 5.41 Å². The van der Waals surface area contributed by atoms with Crippen molar-refractivity contribution < 1.29 is 0 Å². The van der Waals surface area contributed by atoms with Crippen LogP contribution in [-0.4, -0.2) is 62.7 Å². The van der Waals surface area contributed by atoms with Crippen molar-refractivity contribution in [1.82, 2.24) is 15.1 Å². The fraction of sp³-hybridized carbons (Fsp3) is 1.00. The molecule has 0 aromatic heterocycles. The van der Waals surface area contributed by atoms with Crippen LogP contribution in [0.3, 0.4) is 0 Å². The van der Waals surface area contributed by atoms with Crippen LogP contribution in [0.2, 0.25) is 0 Å². The maximum absolute atomic E-state index is 3.41. The maximum Gasteiger partial charge on any atom is 0.0108 e. The molecule has 0 spiro atoms. The molecule has 16 heavy (non-hydrogen) atoms. The van der Waals surface area contributed by atoms with Crippen LogP contribution in [-0.2, 0) is 0 Å². The van der Waals surface area contributed by atoms with Crippen LogP contribution in [0.5, 0.6) is 0 Å². The van der Waals surface area contributed by atoms with E-state index in [4.69, 9.17) is 0 Å². The summed E-state index contributed by atoms with van der Waals surface area (Å²) in [5, 5.41) is 3.41. The third kappa shape index (κ3) is 5.28. The summed E-state index contributed by atoms with van der Waals surface area (Å²) >= 11 is 0. The lowest BCUT2D eigenvalue weighted by atomic mass is 9.91.